The number of carbonyl (C=O) groups is 1. The van der Waals surface area contributed by atoms with E-state index in [1.807, 2.05) is 0 Å². The second kappa shape index (κ2) is 8.97. The molecule has 2 heterocycles. The number of halogens is 6. The van der Waals surface area contributed by atoms with Gasteiger partial charge < -0.3 is 5.32 Å². The summed E-state index contributed by atoms with van der Waals surface area (Å²) in [5.41, 5.74) is -2.15. The average Bonchev–Trinajstić information content (AvgIpc) is 3.65. The first-order chi connectivity index (χ1) is 16.0. The quantitative estimate of drug-likeness (QED) is 0.404. The average molecular weight is 542 g/mol. The minimum Gasteiger partial charge on any atom is -0.344 e. The first-order valence-electron chi connectivity index (χ1n) is 10.2. The van der Waals surface area contributed by atoms with Crippen molar-refractivity contribution in [2.45, 2.75) is 37.9 Å². The molecule has 0 spiro atoms. The van der Waals surface area contributed by atoms with Crippen LogP contribution in [0.5, 0.6) is 0 Å². The highest BCUT2D eigenvalue weighted by Crippen LogP contribution is 2.50. The number of carbonyl (C=O) groups excluding carboxylic acids is 1. The lowest BCUT2D eigenvalue weighted by Crippen LogP contribution is -2.29. The molecule has 12 heteroatoms. The van der Waals surface area contributed by atoms with Gasteiger partial charge in [-0.25, -0.2) is 23.7 Å². The molecule has 6 nitrogen and oxygen atoms in total. The molecule has 1 aliphatic rings. The highest BCUT2D eigenvalue weighted by atomic mass is 79.9. The van der Waals surface area contributed by atoms with E-state index >= 15 is 0 Å². The zero-order valence-electron chi connectivity index (χ0n) is 17.6. The topological polar surface area (TPSA) is 80.7 Å². The van der Waals surface area contributed by atoms with Crippen LogP contribution in [0.15, 0.2) is 47.5 Å². The van der Waals surface area contributed by atoms with E-state index in [0.29, 0.717) is 16.6 Å². The molecule has 2 aromatic heterocycles. The molecule has 34 heavy (non-hydrogen) atoms. The van der Waals surface area contributed by atoms with Gasteiger partial charge >= 0.3 is 6.18 Å². The predicted molar refractivity (Wildman–Crippen MR) is 115 cm³/mol. The minimum atomic E-state index is -4.90. The van der Waals surface area contributed by atoms with E-state index in [1.54, 1.807) is 0 Å². The normalized spacial score (nSPS) is 15.1. The maximum absolute atomic E-state index is 14.6. The summed E-state index contributed by atoms with van der Waals surface area (Å²) in [4.78, 5) is 29.5. The Labute approximate surface area is 199 Å². The molecule has 1 saturated carbocycles. The number of benzene rings is 1. The van der Waals surface area contributed by atoms with Crippen LogP contribution in [-0.2, 0) is 12.1 Å². The summed E-state index contributed by atoms with van der Waals surface area (Å²) in [6.45, 7) is 1.54. The number of nitrogens with one attached hydrogen (secondary N) is 1. The number of rotatable bonds is 6. The van der Waals surface area contributed by atoms with Crippen molar-refractivity contribution in [1.82, 2.24) is 25.3 Å². The van der Waals surface area contributed by atoms with Crippen LogP contribution in [0.1, 0.15) is 53.0 Å². The third-order valence-corrected chi connectivity index (χ3v) is 5.72. The molecule has 0 bridgehead atoms. The summed E-state index contributed by atoms with van der Waals surface area (Å²) in [6, 6.07) is 0.935. The number of amides is 1. The van der Waals surface area contributed by atoms with Crippen molar-refractivity contribution in [1.29, 1.82) is 0 Å². The van der Waals surface area contributed by atoms with Crippen LogP contribution >= 0.6 is 15.9 Å². The molecule has 0 aliphatic heterocycles. The standard InChI is InChI=1S/C22H17BrF5N5O/c1-11(17-18(30-5-4-29-17)19-31-9-16(23)10-32-19)33-20(34)12-6-14(21(24,25)13-2-3-13)8-15(7-12)22(26,27)28/h4-11,13H,2-3H2,1H3,(H,33,34). The molecule has 4 rings (SSSR count). The maximum atomic E-state index is 14.6. The Kier molecular flexibility index (Phi) is 6.36. The molecular weight excluding hydrogens is 525 g/mol. The van der Waals surface area contributed by atoms with Crippen LogP contribution in [-0.4, -0.2) is 25.8 Å². The number of hydrogen-bond donors (Lipinski definition) is 1. The maximum Gasteiger partial charge on any atom is 0.416 e. The Bertz CT molecular complexity index is 1220. The van der Waals surface area contributed by atoms with Crippen molar-refractivity contribution in [2.75, 3.05) is 0 Å². The summed E-state index contributed by atoms with van der Waals surface area (Å²) in [5, 5.41) is 2.52. The zero-order valence-corrected chi connectivity index (χ0v) is 19.2. The molecule has 1 N–H and O–H groups in total. The van der Waals surface area contributed by atoms with Gasteiger partial charge in [0, 0.05) is 41.8 Å². The fourth-order valence-corrected chi connectivity index (χ4v) is 3.62. The van der Waals surface area contributed by atoms with Crippen molar-refractivity contribution >= 4 is 21.8 Å². The van der Waals surface area contributed by atoms with Crippen molar-refractivity contribution < 1.29 is 26.7 Å². The molecule has 0 saturated heterocycles. The largest absolute Gasteiger partial charge is 0.416 e. The van der Waals surface area contributed by atoms with Crippen LogP contribution in [0.2, 0.25) is 0 Å². The molecule has 1 aromatic carbocycles. The monoisotopic (exact) mass is 541 g/mol. The summed E-state index contributed by atoms with van der Waals surface area (Å²) in [7, 11) is 0. The van der Waals surface area contributed by atoms with E-state index in [9.17, 15) is 26.7 Å². The number of nitrogens with zero attached hydrogens (tertiary/aromatic N) is 4. The summed E-state index contributed by atoms with van der Waals surface area (Å²) < 4.78 is 70.1. The van der Waals surface area contributed by atoms with Crippen LogP contribution in [0.4, 0.5) is 22.0 Å². The summed E-state index contributed by atoms with van der Waals surface area (Å²) in [5.74, 6) is -5.23. The highest BCUT2D eigenvalue weighted by molar-refractivity contribution is 9.10. The van der Waals surface area contributed by atoms with Crippen LogP contribution in [0.25, 0.3) is 11.5 Å². The molecule has 1 atom stereocenters. The molecule has 1 unspecified atom stereocenters. The van der Waals surface area contributed by atoms with Crippen molar-refractivity contribution in [3.05, 3.63) is 69.8 Å². The lowest BCUT2D eigenvalue weighted by molar-refractivity contribution is -0.137. The van der Waals surface area contributed by atoms with E-state index in [-0.39, 0.29) is 30.1 Å². The van der Waals surface area contributed by atoms with Crippen molar-refractivity contribution in [3.63, 3.8) is 0 Å². The van der Waals surface area contributed by atoms with E-state index in [4.69, 9.17) is 0 Å². The van der Waals surface area contributed by atoms with Gasteiger partial charge in [-0.05, 0) is 53.9 Å². The zero-order chi connectivity index (χ0) is 24.7. The van der Waals surface area contributed by atoms with Gasteiger partial charge in [-0.1, -0.05) is 0 Å². The molecule has 1 amide bonds. The third-order valence-electron chi connectivity index (χ3n) is 5.31. The first-order valence-corrected chi connectivity index (χ1v) is 11.0. The third kappa shape index (κ3) is 5.06. The van der Waals surface area contributed by atoms with Gasteiger partial charge in [0.2, 0.25) is 0 Å². The van der Waals surface area contributed by atoms with E-state index in [0.717, 1.165) is 6.07 Å². The van der Waals surface area contributed by atoms with E-state index in [1.165, 1.54) is 31.7 Å². The van der Waals surface area contributed by atoms with Gasteiger partial charge in [0.1, 0.15) is 5.69 Å². The Morgan fingerprint density at radius 3 is 2.24 bits per heavy atom. The molecule has 0 radical (unpaired) electrons. The lowest BCUT2D eigenvalue weighted by Gasteiger charge is -2.20. The molecule has 3 aromatic rings. The predicted octanol–water partition coefficient (Wildman–Crippen LogP) is 5.71. The smallest absolute Gasteiger partial charge is 0.344 e. The Balaban J connectivity index is 1.65. The minimum absolute atomic E-state index is 0.218. The summed E-state index contributed by atoms with van der Waals surface area (Å²) >= 11 is 3.22. The van der Waals surface area contributed by atoms with Gasteiger partial charge in [0.05, 0.1) is 21.8 Å². The van der Waals surface area contributed by atoms with E-state index < -0.39 is 46.7 Å². The number of alkyl halides is 5. The van der Waals surface area contributed by atoms with Gasteiger partial charge in [0.25, 0.3) is 11.8 Å². The fourth-order valence-electron chi connectivity index (χ4n) is 3.42. The number of aromatic nitrogens is 4. The molecular formula is C22H17BrF5N5O. The Morgan fingerprint density at radius 2 is 1.62 bits per heavy atom. The van der Waals surface area contributed by atoms with Crippen LogP contribution in [0, 0.1) is 5.92 Å². The second-order valence-electron chi connectivity index (χ2n) is 7.90. The Morgan fingerprint density at radius 1 is 1.00 bits per heavy atom. The first kappa shape index (κ1) is 24.1. The SMILES string of the molecule is CC(NC(=O)c1cc(C(F)(F)F)cc(C(F)(F)C2CC2)c1)c1nccnc1-c1ncc(Br)cn1. The van der Waals surface area contributed by atoms with Crippen LogP contribution in [0.3, 0.4) is 0 Å². The lowest BCUT2D eigenvalue weighted by atomic mass is 9.97. The van der Waals surface area contributed by atoms with E-state index in [2.05, 4.69) is 41.2 Å². The number of hydrogen-bond acceptors (Lipinski definition) is 5. The van der Waals surface area contributed by atoms with Gasteiger partial charge in [0.15, 0.2) is 5.82 Å². The molecule has 178 valence electrons. The highest BCUT2D eigenvalue weighted by Gasteiger charge is 2.49. The summed E-state index contributed by atoms with van der Waals surface area (Å²) in [6.07, 6.45) is 1.30. The molecule has 1 aliphatic carbocycles. The fraction of sp³-hybridized carbons (Fsp3) is 0.318. The van der Waals surface area contributed by atoms with Gasteiger partial charge in [-0.3, -0.25) is 9.78 Å². The molecule has 1 fully saturated rings. The van der Waals surface area contributed by atoms with Gasteiger partial charge in [-0.2, -0.15) is 13.2 Å². The van der Waals surface area contributed by atoms with Gasteiger partial charge in [-0.15, -0.1) is 0 Å². The van der Waals surface area contributed by atoms with Crippen LogP contribution < -0.4 is 5.32 Å². The second-order valence-corrected chi connectivity index (χ2v) is 8.82. The van der Waals surface area contributed by atoms with Crippen molar-refractivity contribution in [2.24, 2.45) is 5.92 Å². The Hall–Kier alpha value is -3.02. The van der Waals surface area contributed by atoms with Crippen molar-refractivity contribution in [3.8, 4) is 11.5 Å².